The van der Waals surface area contributed by atoms with Crippen LogP contribution in [-0.2, 0) is 0 Å². The van der Waals surface area contributed by atoms with Crippen LogP contribution >= 0.6 is 0 Å². The molecule has 2 N–H and O–H groups in total. The lowest BCUT2D eigenvalue weighted by Crippen LogP contribution is -2.31. The highest BCUT2D eigenvalue weighted by Crippen LogP contribution is 2.48. The summed E-state index contributed by atoms with van der Waals surface area (Å²) in [6.07, 6.45) is 5.75. The van der Waals surface area contributed by atoms with Gasteiger partial charge in [-0.1, -0.05) is 6.07 Å². The van der Waals surface area contributed by atoms with E-state index < -0.39 is 0 Å². The molecule has 0 radical (unpaired) electrons. The predicted molar refractivity (Wildman–Crippen MR) is 69.0 cm³/mol. The third-order valence-electron chi connectivity index (χ3n) is 3.95. The highest BCUT2D eigenvalue weighted by molar-refractivity contribution is 5.73. The zero-order chi connectivity index (χ0) is 11.3. The first kappa shape index (κ1) is 10.1. The van der Waals surface area contributed by atoms with Gasteiger partial charge in [-0.2, -0.15) is 0 Å². The van der Waals surface area contributed by atoms with E-state index >= 15 is 0 Å². The van der Waals surface area contributed by atoms with Gasteiger partial charge in [0.25, 0.3) is 0 Å². The Balaban J connectivity index is 1.94. The number of nitrogens with zero attached hydrogens (tertiary/aromatic N) is 1. The van der Waals surface area contributed by atoms with E-state index in [9.17, 15) is 0 Å². The van der Waals surface area contributed by atoms with E-state index in [2.05, 4.69) is 44.6 Å². The summed E-state index contributed by atoms with van der Waals surface area (Å²) in [4.78, 5) is 0. The van der Waals surface area contributed by atoms with Gasteiger partial charge in [0.15, 0.2) is 0 Å². The average molecular weight is 215 g/mol. The number of fused-ring (bicyclic) bond motifs is 1. The molecule has 0 saturated heterocycles. The molecule has 16 heavy (non-hydrogen) atoms. The van der Waals surface area contributed by atoms with E-state index in [-0.39, 0.29) is 0 Å². The topological polar surface area (TPSA) is 26.0 Å². The maximum Gasteiger partial charge on any atom is 0.144 e. The molecule has 0 amide bonds. The van der Waals surface area contributed by atoms with Gasteiger partial charge in [-0.3, -0.25) is 4.48 Å². The molecule has 0 bridgehead atoms. The summed E-state index contributed by atoms with van der Waals surface area (Å²) in [5.41, 5.74) is 9.95. The normalized spacial score (nSPS) is 29.2. The monoisotopic (exact) mass is 215 g/mol. The molecule has 1 saturated carbocycles. The SMILES string of the molecule is C[N+]1(C)C=Cc2cc(C3CC3CN)ccc21. The lowest BCUT2D eigenvalue weighted by molar-refractivity contribution is 0.551. The lowest BCUT2D eigenvalue weighted by atomic mass is 10.0. The molecule has 2 heteroatoms. The van der Waals surface area contributed by atoms with Gasteiger partial charge in [0, 0.05) is 17.7 Å². The Hall–Kier alpha value is -1.12. The van der Waals surface area contributed by atoms with Crippen LogP contribution in [0.2, 0.25) is 0 Å². The summed E-state index contributed by atoms with van der Waals surface area (Å²) >= 11 is 0. The van der Waals surface area contributed by atoms with Crippen molar-refractivity contribution in [3.05, 3.63) is 35.5 Å². The van der Waals surface area contributed by atoms with Crippen LogP contribution in [0.5, 0.6) is 0 Å². The smallest absolute Gasteiger partial charge is 0.144 e. The highest BCUT2D eigenvalue weighted by atomic mass is 15.3. The van der Waals surface area contributed by atoms with Crippen LogP contribution in [0.1, 0.15) is 23.5 Å². The molecule has 1 fully saturated rings. The van der Waals surface area contributed by atoms with E-state index in [1.54, 1.807) is 0 Å². The molecular formula is C14H19N2+. The second-order valence-electron chi connectivity index (χ2n) is 5.51. The maximum atomic E-state index is 5.70. The molecule has 1 heterocycles. The summed E-state index contributed by atoms with van der Waals surface area (Å²) in [5, 5.41) is 0. The Kier molecular flexibility index (Phi) is 2.00. The highest BCUT2D eigenvalue weighted by Gasteiger charge is 2.38. The van der Waals surface area contributed by atoms with Crippen LogP contribution in [0.4, 0.5) is 5.69 Å². The molecule has 2 aliphatic rings. The molecule has 84 valence electrons. The van der Waals surface area contributed by atoms with Gasteiger partial charge in [0.05, 0.1) is 14.1 Å². The van der Waals surface area contributed by atoms with E-state index in [1.165, 1.54) is 23.2 Å². The van der Waals surface area contributed by atoms with E-state index in [0.717, 1.165) is 22.9 Å². The Morgan fingerprint density at radius 2 is 2.19 bits per heavy atom. The van der Waals surface area contributed by atoms with Crippen molar-refractivity contribution in [1.29, 1.82) is 0 Å². The van der Waals surface area contributed by atoms with Gasteiger partial charge in [-0.05, 0) is 36.4 Å². The second kappa shape index (κ2) is 3.19. The van der Waals surface area contributed by atoms with Gasteiger partial charge in [0.1, 0.15) is 11.9 Å². The second-order valence-corrected chi connectivity index (χ2v) is 5.51. The Morgan fingerprint density at radius 3 is 2.88 bits per heavy atom. The number of benzene rings is 1. The fourth-order valence-corrected chi connectivity index (χ4v) is 2.73. The lowest BCUT2D eigenvalue weighted by Gasteiger charge is -2.21. The molecule has 1 aromatic rings. The summed E-state index contributed by atoms with van der Waals surface area (Å²) < 4.78 is 0.862. The molecule has 1 aliphatic heterocycles. The van der Waals surface area contributed by atoms with Gasteiger partial charge in [-0.25, -0.2) is 0 Å². The summed E-state index contributed by atoms with van der Waals surface area (Å²) in [5.74, 6) is 1.45. The third-order valence-corrected chi connectivity index (χ3v) is 3.95. The van der Waals surface area contributed by atoms with Crippen molar-refractivity contribution in [3.8, 4) is 0 Å². The predicted octanol–water partition coefficient (Wildman–Crippen LogP) is 2.30. The van der Waals surface area contributed by atoms with Crippen molar-refractivity contribution in [3.63, 3.8) is 0 Å². The maximum absolute atomic E-state index is 5.70. The fraction of sp³-hybridized carbons (Fsp3) is 0.429. The third kappa shape index (κ3) is 1.41. The van der Waals surface area contributed by atoms with Crippen LogP contribution in [-0.4, -0.2) is 20.6 Å². The number of hydrogen-bond donors (Lipinski definition) is 1. The first-order valence-electron chi connectivity index (χ1n) is 5.99. The number of quaternary nitrogens is 1. The molecule has 1 aliphatic carbocycles. The van der Waals surface area contributed by atoms with Crippen LogP contribution in [0.15, 0.2) is 24.4 Å². The van der Waals surface area contributed by atoms with Gasteiger partial charge < -0.3 is 5.73 Å². The molecule has 0 spiro atoms. The van der Waals surface area contributed by atoms with Crippen LogP contribution in [0.3, 0.4) is 0 Å². The first-order valence-corrected chi connectivity index (χ1v) is 5.99. The Morgan fingerprint density at radius 1 is 1.38 bits per heavy atom. The molecule has 0 aromatic heterocycles. The zero-order valence-corrected chi connectivity index (χ0v) is 9.98. The average Bonchev–Trinajstić information content (AvgIpc) is 3.00. The zero-order valence-electron chi connectivity index (χ0n) is 9.98. The molecule has 2 unspecified atom stereocenters. The van der Waals surface area contributed by atoms with Gasteiger partial charge >= 0.3 is 0 Å². The number of rotatable bonds is 2. The van der Waals surface area contributed by atoms with E-state index in [4.69, 9.17) is 5.73 Å². The molecular weight excluding hydrogens is 196 g/mol. The van der Waals surface area contributed by atoms with Gasteiger partial charge in [0.2, 0.25) is 0 Å². The Labute approximate surface area is 97.0 Å². The van der Waals surface area contributed by atoms with Gasteiger partial charge in [-0.15, -0.1) is 0 Å². The molecule has 3 rings (SSSR count). The largest absolute Gasteiger partial charge is 0.330 e. The van der Waals surface area contributed by atoms with E-state index in [0.29, 0.717) is 0 Å². The summed E-state index contributed by atoms with van der Waals surface area (Å²) in [7, 11) is 4.42. The van der Waals surface area contributed by atoms with Crippen LogP contribution < -0.4 is 10.2 Å². The summed E-state index contributed by atoms with van der Waals surface area (Å²) in [6, 6.07) is 6.90. The standard InChI is InChI=1S/C14H19N2/c1-16(2)6-5-11-7-10(3-4-14(11)16)13-8-12(13)9-15/h3-7,12-13H,8-9,15H2,1-2H3/q+1. The van der Waals surface area contributed by atoms with Crippen LogP contribution in [0, 0.1) is 5.92 Å². The Bertz CT molecular complexity index is 460. The van der Waals surface area contributed by atoms with Crippen molar-refractivity contribution in [2.75, 3.05) is 20.6 Å². The van der Waals surface area contributed by atoms with Crippen molar-refractivity contribution >= 4 is 11.8 Å². The van der Waals surface area contributed by atoms with Crippen LogP contribution in [0.25, 0.3) is 6.08 Å². The minimum Gasteiger partial charge on any atom is -0.330 e. The molecule has 2 nitrogen and oxygen atoms in total. The van der Waals surface area contributed by atoms with Crippen molar-refractivity contribution in [2.24, 2.45) is 11.7 Å². The minimum atomic E-state index is 0.722. The first-order chi connectivity index (χ1) is 7.62. The molecule has 1 aromatic carbocycles. The van der Waals surface area contributed by atoms with Crippen molar-refractivity contribution in [2.45, 2.75) is 12.3 Å². The van der Waals surface area contributed by atoms with Crippen molar-refractivity contribution < 1.29 is 0 Å². The minimum absolute atomic E-state index is 0.722. The quantitative estimate of drug-likeness (QED) is 0.753. The molecule has 2 atom stereocenters. The summed E-state index contributed by atoms with van der Waals surface area (Å²) in [6.45, 7) is 0.832. The van der Waals surface area contributed by atoms with E-state index in [1.807, 2.05) is 0 Å². The van der Waals surface area contributed by atoms with Crippen molar-refractivity contribution in [1.82, 2.24) is 4.48 Å². The number of hydrogen-bond acceptors (Lipinski definition) is 1. The number of nitrogens with two attached hydrogens (primary N) is 1. The fourth-order valence-electron chi connectivity index (χ4n) is 2.73.